The molecular formula is C34H50O4. The predicted octanol–water partition coefficient (Wildman–Crippen LogP) is 10.3. The van der Waals surface area contributed by atoms with Crippen molar-refractivity contribution in [2.75, 3.05) is 0 Å². The molecule has 0 saturated carbocycles. The Balaban J connectivity index is 2.09. The molecule has 4 heteroatoms. The maximum absolute atomic E-state index is 12.1. The largest absolute Gasteiger partial charge is 0.508 e. The molecule has 0 unspecified atom stereocenters. The summed E-state index contributed by atoms with van der Waals surface area (Å²) in [5.41, 5.74) is 2.43. The maximum Gasteiger partial charge on any atom is 0.338 e. The molecule has 1 N–H and O–H groups in total. The summed E-state index contributed by atoms with van der Waals surface area (Å²) in [6.45, 7) is 9.82. The van der Waals surface area contributed by atoms with E-state index in [9.17, 15) is 9.90 Å². The molecule has 0 amide bonds. The Kier molecular flexibility index (Phi) is 15.3. The van der Waals surface area contributed by atoms with Crippen molar-refractivity contribution in [1.82, 2.24) is 0 Å². The van der Waals surface area contributed by atoms with Crippen LogP contribution in [0.1, 0.15) is 122 Å². The number of rotatable bonds is 20. The van der Waals surface area contributed by atoms with Crippen LogP contribution in [-0.2, 0) is 17.6 Å². The summed E-state index contributed by atoms with van der Waals surface area (Å²) >= 11 is 0. The Morgan fingerprint density at radius 1 is 0.711 bits per heavy atom. The molecule has 0 aliphatic carbocycles. The number of phenolic OH excluding ortho intramolecular Hbond substituents is 1. The maximum atomic E-state index is 12.1. The van der Waals surface area contributed by atoms with E-state index in [1.165, 1.54) is 77.0 Å². The average Bonchev–Trinajstić information content (AvgIpc) is 2.90. The Labute approximate surface area is 231 Å². The van der Waals surface area contributed by atoms with E-state index in [0.29, 0.717) is 11.3 Å². The Hall–Kier alpha value is -2.75. The highest BCUT2D eigenvalue weighted by molar-refractivity contribution is 5.88. The molecule has 0 bridgehead atoms. The Bertz CT molecular complexity index is 978. The molecule has 2 aromatic rings. The van der Waals surface area contributed by atoms with Gasteiger partial charge in [0.2, 0.25) is 0 Å². The lowest BCUT2D eigenvalue weighted by Gasteiger charge is -2.16. The van der Waals surface area contributed by atoms with Crippen LogP contribution in [0.5, 0.6) is 23.0 Å². The first-order valence-electron chi connectivity index (χ1n) is 14.9. The van der Waals surface area contributed by atoms with Crippen molar-refractivity contribution >= 4 is 5.97 Å². The van der Waals surface area contributed by atoms with Gasteiger partial charge in [0.1, 0.15) is 23.0 Å². The highest BCUT2D eigenvalue weighted by Gasteiger charge is 2.13. The van der Waals surface area contributed by atoms with E-state index in [2.05, 4.69) is 20.4 Å². The number of aryl methyl sites for hydroxylation is 2. The van der Waals surface area contributed by atoms with Crippen molar-refractivity contribution < 1.29 is 19.4 Å². The van der Waals surface area contributed by atoms with Crippen LogP contribution in [0.4, 0.5) is 0 Å². The van der Waals surface area contributed by atoms with Crippen LogP contribution in [-0.4, -0.2) is 11.1 Å². The van der Waals surface area contributed by atoms with Crippen LogP contribution in [0.3, 0.4) is 0 Å². The Morgan fingerprint density at radius 2 is 1.18 bits per heavy atom. The van der Waals surface area contributed by atoms with Crippen molar-refractivity contribution in [3.63, 3.8) is 0 Å². The van der Waals surface area contributed by atoms with Gasteiger partial charge in [0, 0.05) is 5.57 Å². The van der Waals surface area contributed by atoms with Gasteiger partial charge >= 0.3 is 5.97 Å². The molecule has 0 fully saturated rings. The number of aromatic hydroxyl groups is 1. The minimum absolute atomic E-state index is 0.264. The fraction of sp³-hybridized carbons (Fsp3) is 0.559. The topological polar surface area (TPSA) is 55.8 Å². The lowest BCUT2D eigenvalue weighted by Crippen LogP contribution is -2.08. The van der Waals surface area contributed by atoms with E-state index in [0.717, 1.165) is 48.3 Å². The fourth-order valence-corrected chi connectivity index (χ4v) is 4.63. The lowest BCUT2D eigenvalue weighted by molar-refractivity contribution is -0.130. The fourth-order valence-electron chi connectivity index (χ4n) is 4.63. The second-order valence-corrected chi connectivity index (χ2v) is 10.6. The van der Waals surface area contributed by atoms with Gasteiger partial charge in [0.15, 0.2) is 0 Å². The van der Waals surface area contributed by atoms with Gasteiger partial charge in [-0.25, -0.2) is 4.79 Å². The molecule has 0 radical (unpaired) electrons. The molecular weight excluding hydrogens is 472 g/mol. The first-order valence-corrected chi connectivity index (χ1v) is 14.9. The van der Waals surface area contributed by atoms with Crippen molar-refractivity contribution in [1.29, 1.82) is 0 Å². The number of benzene rings is 2. The molecule has 0 aliphatic rings. The summed E-state index contributed by atoms with van der Waals surface area (Å²) in [7, 11) is 0. The van der Waals surface area contributed by atoms with Crippen molar-refractivity contribution in [3.05, 3.63) is 59.7 Å². The molecule has 0 atom stereocenters. The number of carbonyl (C=O) groups excluding carboxylic acids is 1. The number of phenols is 1. The zero-order valence-corrected chi connectivity index (χ0v) is 24.2. The number of hydrogen-bond donors (Lipinski definition) is 1. The number of carbonyl (C=O) groups is 1. The minimum Gasteiger partial charge on any atom is -0.508 e. The summed E-state index contributed by atoms with van der Waals surface area (Å²) in [5, 5.41) is 10.1. The number of ether oxygens (including phenoxy) is 2. The van der Waals surface area contributed by atoms with Gasteiger partial charge < -0.3 is 14.6 Å². The standard InChI is InChI=1S/C34H50O4/c1-5-7-9-11-13-15-17-19-28-25-30(35)21-23-32(28)38-33-24-22-31(37-34(36)27(3)4)26-29(33)20-18-16-14-12-10-8-6-2/h21-26,35H,3,5-20H2,1-2,4H3. The molecule has 0 aromatic heterocycles. The lowest BCUT2D eigenvalue weighted by atomic mass is 10.0. The normalized spacial score (nSPS) is 10.9. The van der Waals surface area contributed by atoms with Gasteiger partial charge in [-0.3, -0.25) is 0 Å². The number of hydrogen-bond acceptors (Lipinski definition) is 4. The zero-order valence-electron chi connectivity index (χ0n) is 24.2. The predicted molar refractivity (Wildman–Crippen MR) is 158 cm³/mol. The van der Waals surface area contributed by atoms with Crippen LogP contribution in [0, 0.1) is 0 Å². The number of esters is 1. The van der Waals surface area contributed by atoms with Crippen LogP contribution >= 0.6 is 0 Å². The van der Waals surface area contributed by atoms with Crippen LogP contribution < -0.4 is 9.47 Å². The van der Waals surface area contributed by atoms with E-state index in [-0.39, 0.29) is 5.75 Å². The quantitative estimate of drug-likeness (QED) is 0.0813. The zero-order chi connectivity index (χ0) is 27.6. The summed E-state index contributed by atoms with van der Waals surface area (Å²) < 4.78 is 12.0. The number of unbranched alkanes of at least 4 members (excludes halogenated alkanes) is 12. The monoisotopic (exact) mass is 522 g/mol. The summed E-state index contributed by atoms with van der Waals surface area (Å²) in [6.07, 6.45) is 19.0. The third-order valence-electron chi connectivity index (χ3n) is 6.95. The molecule has 38 heavy (non-hydrogen) atoms. The Morgan fingerprint density at radius 3 is 1.71 bits per heavy atom. The molecule has 2 rings (SSSR count). The van der Waals surface area contributed by atoms with Crippen LogP contribution in [0.2, 0.25) is 0 Å². The molecule has 2 aromatic carbocycles. The highest BCUT2D eigenvalue weighted by atomic mass is 16.5. The first kappa shape index (κ1) is 31.5. The van der Waals surface area contributed by atoms with E-state index in [4.69, 9.17) is 9.47 Å². The second kappa shape index (κ2) is 18.5. The second-order valence-electron chi connectivity index (χ2n) is 10.6. The van der Waals surface area contributed by atoms with Crippen LogP contribution in [0.25, 0.3) is 0 Å². The van der Waals surface area contributed by atoms with Crippen LogP contribution in [0.15, 0.2) is 48.6 Å². The summed E-state index contributed by atoms with van der Waals surface area (Å²) in [6, 6.07) is 11.0. The van der Waals surface area contributed by atoms with Crippen molar-refractivity contribution in [2.24, 2.45) is 0 Å². The third-order valence-corrected chi connectivity index (χ3v) is 6.95. The van der Waals surface area contributed by atoms with Gasteiger partial charge in [-0.2, -0.15) is 0 Å². The van der Waals surface area contributed by atoms with E-state index >= 15 is 0 Å². The van der Waals surface area contributed by atoms with E-state index in [1.54, 1.807) is 19.1 Å². The third kappa shape index (κ3) is 12.2. The van der Waals surface area contributed by atoms with Gasteiger partial charge in [-0.05, 0) is 80.1 Å². The van der Waals surface area contributed by atoms with E-state index in [1.807, 2.05) is 24.3 Å². The molecule has 0 heterocycles. The molecule has 4 nitrogen and oxygen atoms in total. The smallest absolute Gasteiger partial charge is 0.338 e. The molecule has 210 valence electrons. The van der Waals surface area contributed by atoms with E-state index < -0.39 is 5.97 Å². The SMILES string of the molecule is C=C(C)C(=O)Oc1ccc(Oc2ccc(O)cc2CCCCCCCCC)c(CCCCCCCCC)c1. The van der Waals surface area contributed by atoms with Gasteiger partial charge in [0.25, 0.3) is 0 Å². The first-order chi connectivity index (χ1) is 18.4. The van der Waals surface area contributed by atoms with Gasteiger partial charge in [-0.1, -0.05) is 97.5 Å². The minimum atomic E-state index is -0.420. The van der Waals surface area contributed by atoms with Gasteiger partial charge in [0.05, 0.1) is 0 Å². The van der Waals surface area contributed by atoms with Crippen molar-refractivity contribution in [2.45, 2.75) is 124 Å². The molecule has 0 saturated heterocycles. The van der Waals surface area contributed by atoms with Crippen molar-refractivity contribution in [3.8, 4) is 23.0 Å². The van der Waals surface area contributed by atoms with Gasteiger partial charge in [-0.15, -0.1) is 0 Å². The molecule has 0 aliphatic heterocycles. The highest BCUT2D eigenvalue weighted by Crippen LogP contribution is 2.34. The molecule has 0 spiro atoms. The average molecular weight is 523 g/mol. The summed E-state index contributed by atoms with van der Waals surface area (Å²) in [5.74, 6) is 1.91. The summed E-state index contributed by atoms with van der Waals surface area (Å²) in [4.78, 5) is 12.1.